The summed E-state index contributed by atoms with van der Waals surface area (Å²) in [7, 11) is 2.12. The predicted molar refractivity (Wildman–Crippen MR) is 83.7 cm³/mol. The van der Waals surface area contributed by atoms with E-state index < -0.39 is 0 Å². The molecule has 1 aromatic carbocycles. The zero-order valence-electron chi connectivity index (χ0n) is 12.8. The molecule has 108 valence electrons. The van der Waals surface area contributed by atoms with Crippen LogP contribution in [0.15, 0.2) is 24.3 Å². The second-order valence-electron chi connectivity index (χ2n) is 6.27. The molecule has 2 aromatic rings. The van der Waals surface area contributed by atoms with E-state index in [2.05, 4.69) is 55.0 Å². The van der Waals surface area contributed by atoms with Crippen LogP contribution >= 0.6 is 0 Å². The van der Waals surface area contributed by atoms with Crippen molar-refractivity contribution in [1.29, 1.82) is 0 Å². The number of imidazole rings is 1. The van der Waals surface area contributed by atoms with E-state index in [1.54, 1.807) is 0 Å². The Balaban J connectivity index is 1.81. The van der Waals surface area contributed by atoms with E-state index >= 15 is 0 Å². The van der Waals surface area contributed by atoms with Crippen molar-refractivity contribution in [3.05, 3.63) is 30.1 Å². The van der Waals surface area contributed by atoms with Gasteiger partial charge in [-0.15, -0.1) is 0 Å². The molecular weight excluding hydrogens is 246 g/mol. The van der Waals surface area contributed by atoms with Gasteiger partial charge in [-0.2, -0.15) is 0 Å². The number of nitrogens with one attached hydrogen (secondary N) is 1. The summed E-state index contributed by atoms with van der Waals surface area (Å²) in [6.45, 7) is 4.61. The molecule has 0 saturated heterocycles. The van der Waals surface area contributed by atoms with Gasteiger partial charge in [0, 0.05) is 13.1 Å². The van der Waals surface area contributed by atoms with E-state index in [0.717, 1.165) is 17.3 Å². The van der Waals surface area contributed by atoms with Crippen molar-refractivity contribution in [3.63, 3.8) is 0 Å². The Labute approximate surface area is 121 Å². The van der Waals surface area contributed by atoms with Gasteiger partial charge in [0.2, 0.25) is 0 Å². The Morgan fingerprint density at radius 1 is 1.25 bits per heavy atom. The van der Waals surface area contributed by atoms with Crippen LogP contribution in [0.1, 0.15) is 51.4 Å². The molecule has 1 aliphatic rings. The Bertz CT molecular complexity index is 587. The van der Waals surface area contributed by atoms with Crippen molar-refractivity contribution < 1.29 is 0 Å². The molecule has 1 aromatic heterocycles. The molecule has 3 heteroatoms. The average molecular weight is 271 g/mol. The maximum atomic E-state index is 4.80. The highest BCUT2D eigenvalue weighted by Crippen LogP contribution is 2.27. The molecule has 0 radical (unpaired) electrons. The van der Waals surface area contributed by atoms with Crippen molar-refractivity contribution in [1.82, 2.24) is 14.9 Å². The topological polar surface area (TPSA) is 29.9 Å². The van der Waals surface area contributed by atoms with Crippen molar-refractivity contribution >= 4 is 11.0 Å². The van der Waals surface area contributed by atoms with E-state index in [-0.39, 0.29) is 0 Å². The number of nitrogens with zero attached hydrogens (tertiary/aromatic N) is 2. The summed E-state index contributed by atoms with van der Waals surface area (Å²) in [5, 5.41) is 3.80. The molecule has 1 heterocycles. The minimum absolute atomic E-state index is 0.304. The monoisotopic (exact) mass is 271 g/mol. The molecule has 0 spiro atoms. The Morgan fingerprint density at radius 2 is 2.00 bits per heavy atom. The molecule has 1 saturated carbocycles. The van der Waals surface area contributed by atoms with Crippen LogP contribution < -0.4 is 5.32 Å². The third kappa shape index (κ3) is 2.47. The van der Waals surface area contributed by atoms with Crippen LogP contribution in [0.5, 0.6) is 0 Å². The Morgan fingerprint density at radius 3 is 2.75 bits per heavy atom. The number of hydrogen-bond donors (Lipinski definition) is 1. The maximum Gasteiger partial charge on any atom is 0.126 e. The zero-order valence-corrected chi connectivity index (χ0v) is 12.8. The molecule has 3 unspecified atom stereocenters. The third-order valence-electron chi connectivity index (χ3n) is 4.78. The maximum absolute atomic E-state index is 4.80. The Kier molecular flexibility index (Phi) is 3.79. The molecule has 1 N–H and O–H groups in total. The van der Waals surface area contributed by atoms with Gasteiger partial charge < -0.3 is 9.88 Å². The van der Waals surface area contributed by atoms with E-state index in [1.165, 1.54) is 31.2 Å². The summed E-state index contributed by atoms with van der Waals surface area (Å²) in [5.74, 6) is 1.92. The number of aromatic nitrogens is 2. The van der Waals surface area contributed by atoms with Crippen LogP contribution in [0.4, 0.5) is 0 Å². The third-order valence-corrected chi connectivity index (χ3v) is 4.78. The molecule has 3 nitrogen and oxygen atoms in total. The molecule has 0 aliphatic heterocycles. The highest BCUT2D eigenvalue weighted by Gasteiger charge is 2.24. The lowest BCUT2D eigenvalue weighted by atomic mass is 9.85. The van der Waals surface area contributed by atoms with Crippen molar-refractivity contribution in [3.8, 4) is 0 Å². The SMILES string of the molecule is CC(NC1CCCCC1C)c1nc2ccccc2n1C. The molecule has 1 fully saturated rings. The minimum atomic E-state index is 0.304. The Hall–Kier alpha value is -1.35. The van der Waals surface area contributed by atoms with Gasteiger partial charge in [0.05, 0.1) is 17.1 Å². The van der Waals surface area contributed by atoms with E-state index in [1.807, 2.05) is 0 Å². The van der Waals surface area contributed by atoms with Gasteiger partial charge in [0.25, 0.3) is 0 Å². The number of para-hydroxylation sites is 2. The van der Waals surface area contributed by atoms with Crippen LogP contribution in [-0.2, 0) is 7.05 Å². The minimum Gasteiger partial charge on any atom is -0.330 e. The average Bonchev–Trinajstić information content (AvgIpc) is 2.79. The van der Waals surface area contributed by atoms with Crippen molar-refractivity contribution in [2.24, 2.45) is 13.0 Å². The van der Waals surface area contributed by atoms with E-state index in [0.29, 0.717) is 12.1 Å². The van der Waals surface area contributed by atoms with Gasteiger partial charge in [-0.25, -0.2) is 4.98 Å². The first kappa shape index (κ1) is 13.6. The van der Waals surface area contributed by atoms with Gasteiger partial charge in [-0.05, 0) is 37.8 Å². The normalized spacial score (nSPS) is 24.9. The summed E-state index contributed by atoms with van der Waals surface area (Å²) in [6.07, 6.45) is 5.40. The lowest BCUT2D eigenvalue weighted by molar-refractivity contribution is 0.259. The molecule has 3 rings (SSSR count). The van der Waals surface area contributed by atoms with E-state index in [4.69, 9.17) is 4.98 Å². The summed E-state index contributed by atoms with van der Waals surface area (Å²) in [6, 6.07) is 9.31. The van der Waals surface area contributed by atoms with Crippen LogP contribution in [0.3, 0.4) is 0 Å². The standard InChI is InChI=1S/C17H25N3/c1-12-8-4-5-9-14(12)18-13(2)17-19-15-10-6-7-11-16(15)20(17)3/h6-7,10-14,18H,4-5,8-9H2,1-3H3. The number of hydrogen-bond acceptors (Lipinski definition) is 2. The van der Waals surface area contributed by atoms with E-state index in [9.17, 15) is 0 Å². The second-order valence-corrected chi connectivity index (χ2v) is 6.27. The lowest BCUT2D eigenvalue weighted by Gasteiger charge is -2.32. The van der Waals surface area contributed by atoms with Crippen LogP contribution in [0, 0.1) is 5.92 Å². The quantitative estimate of drug-likeness (QED) is 0.920. The largest absolute Gasteiger partial charge is 0.330 e. The molecular formula is C17H25N3. The molecule has 0 amide bonds. The number of benzene rings is 1. The van der Waals surface area contributed by atoms with Gasteiger partial charge in [-0.3, -0.25) is 0 Å². The molecule has 3 atom stereocenters. The number of rotatable bonds is 3. The fraction of sp³-hybridized carbons (Fsp3) is 0.588. The molecule has 0 bridgehead atoms. The second kappa shape index (κ2) is 5.57. The van der Waals surface area contributed by atoms with Gasteiger partial charge in [0.15, 0.2) is 0 Å². The smallest absolute Gasteiger partial charge is 0.126 e. The highest BCUT2D eigenvalue weighted by molar-refractivity contribution is 5.75. The number of aryl methyl sites for hydroxylation is 1. The van der Waals surface area contributed by atoms with Crippen molar-refractivity contribution in [2.45, 2.75) is 51.6 Å². The summed E-state index contributed by atoms with van der Waals surface area (Å²) in [5.41, 5.74) is 2.31. The molecule has 20 heavy (non-hydrogen) atoms. The summed E-state index contributed by atoms with van der Waals surface area (Å²) >= 11 is 0. The van der Waals surface area contributed by atoms with Crippen LogP contribution in [0.2, 0.25) is 0 Å². The first-order valence-electron chi connectivity index (χ1n) is 7.84. The number of fused-ring (bicyclic) bond motifs is 1. The fourth-order valence-electron chi connectivity index (χ4n) is 3.51. The predicted octanol–water partition coefficient (Wildman–Crippen LogP) is 3.80. The highest BCUT2D eigenvalue weighted by atomic mass is 15.1. The first-order chi connectivity index (χ1) is 9.66. The van der Waals surface area contributed by atoms with Crippen molar-refractivity contribution in [2.75, 3.05) is 0 Å². The fourth-order valence-corrected chi connectivity index (χ4v) is 3.51. The molecule has 1 aliphatic carbocycles. The zero-order chi connectivity index (χ0) is 14.1. The lowest BCUT2D eigenvalue weighted by Crippen LogP contribution is -2.39. The van der Waals surface area contributed by atoms with Crippen LogP contribution in [0.25, 0.3) is 11.0 Å². The van der Waals surface area contributed by atoms with Crippen LogP contribution in [-0.4, -0.2) is 15.6 Å². The first-order valence-corrected chi connectivity index (χ1v) is 7.84. The van der Waals surface area contributed by atoms with Gasteiger partial charge in [0.1, 0.15) is 5.82 Å². The summed E-state index contributed by atoms with van der Waals surface area (Å²) < 4.78 is 2.22. The van der Waals surface area contributed by atoms with Gasteiger partial charge in [-0.1, -0.05) is 31.9 Å². The summed E-state index contributed by atoms with van der Waals surface area (Å²) in [4.78, 5) is 4.80. The van der Waals surface area contributed by atoms with Gasteiger partial charge >= 0.3 is 0 Å².